The molecule has 2 aliphatic heterocycles. The summed E-state index contributed by atoms with van der Waals surface area (Å²) in [5.41, 5.74) is 5.83. The number of rotatable bonds is 7. The minimum absolute atomic E-state index is 0.00108. The molecule has 0 aliphatic carbocycles. The van der Waals surface area contributed by atoms with Crippen molar-refractivity contribution in [2.45, 2.75) is 32.5 Å². The second-order valence-corrected chi connectivity index (χ2v) is 11.5. The molecule has 4 heterocycles. The molecule has 15 nitrogen and oxygen atoms in total. The number of likely N-dealkylation sites (tertiary alicyclic amines) is 1. The summed E-state index contributed by atoms with van der Waals surface area (Å²) in [7, 11) is 1.41. The first kappa shape index (κ1) is 36.4. The number of aromatic nitrogens is 4. The van der Waals surface area contributed by atoms with E-state index in [2.05, 4.69) is 15.4 Å². The van der Waals surface area contributed by atoms with Gasteiger partial charge in [0.2, 0.25) is 0 Å². The van der Waals surface area contributed by atoms with Crippen molar-refractivity contribution in [1.82, 2.24) is 34.0 Å². The van der Waals surface area contributed by atoms with E-state index in [1.165, 1.54) is 11.6 Å². The SMILES string of the molecule is CCc1cc(NC(=O)c2ncc(-c3cn(CC#N)nc3C(F)(F)F)n2C)ccc1C(=O)N1CCN(C(=O)N2CCC(CN)C2)CC1.O=CO. The fraction of sp³-hybridized carbons (Fsp3) is 0.452. The van der Waals surface area contributed by atoms with Crippen LogP contribution in [-0.2, 0) is 31.0 Å². The number of nitrogens with two attached hydrogens (primary N) is 1. The standard InChI is InChI=1S/C30H35F3N10O3.CH2O2/c1-3-20-14-21(4-5-22(20)28(45)40-10-12-41(13-11-40)29(46)42-8-6-19(15-35)17-42)37-27(44)26-36-16-24(39(26)2)23-18-43(9-7-34)38-25(23)30(31,32)33;2-1-3/h4-5,14,16,18-19H,3,6,8-13,15,17,35H2,1-2H3,(H,37,44);1H,(H,2,3). The largest absolute Gasteiger partial charge is 0.483 e. The highest BCUT2D eigenvalue weighted by Gasteiger charge is 2.39. The van der Waals surface area contributed by atoms with Crippen LogP contribution >= 0.6 is 0 Å². The van der Waals surface area contributed by atoms with Crippen LogP contribution in [0.1, 0.15) is 45.6 Å². The molecule has 49 heavy (non-hydrogen) atoms. The summed E-state index contributed by atoms with van der Waals surface area (Å²) in [4.78, 5) is 57.3. The topological polar surface area (TPSA) is 196 Å². The van der Waals surface area contributed by atoms with Crippen LogP contribution in [0.5, 0.6) is 0 Å². The molecule has 1 unspecified atom stereocenters. The molecule has 0 saturated carbocycles. The van der Waals surface area contributed by atoms with Gasteiger partial charge in [0.25, 0.3) is 18.3 Å². The summed E-state index contributed by atoms with van der Waals surface area (Å²) in [5.74, 6) is -0.650. The molecule has 4 amide bonds. The van der Waals surface area contributed by atoms with Crippen molar-refractivity contribution >= 4 is 30.0 Å². The van der Waals surface area contributed by atoms with E-state index >= 15 is 0 Å². The quantitative estimate of drug-likeness (QED) is 0.313. The van der Waals surface area contributed by atoms with Crippen LogP contribution in [0.4, 0.5) is 23.7 Å². The number of urea groups is 1. The Morgan fingerprint density at radius 3 is 2.41 bits per heavy atom. The molecular formula is C31H37F3N10O5. The third-order valence-corrected chi connectivity index (χ3v) is 8.43. The fourth-order valence-corrected chi connectivity index (χ4v) is 5.87. The number of carboxylic acid groups (broad SMARTS) is 1. The van der Waals surface area contributed by atoms with Crippen LogP contribution in [0.2, 0.25) is 0 Å². The zero-order valence-electron chi connectivity index (χ0n) is 27.0. The number of alkyl halides is 3. The number of hydrogen-bond acceptors (Lipinski definition) is 8. The normalized spacial score (nSPS) is 16.1. The number of anilines is 1. The second-order valence-electron chi connectivity index (χ2n) is 11.5. The number of piperazine rings is 1. The summed E-state index contributed by atoms with van der Waals surface area (Å²) in [5, 5.41) is 22.0. The first-order valence-corrected chi connectivity index (χ1v) is 15.5. The fourth-order valence-electron chi connectivity index (χ4n) is 5.87. The summed E-state index contributed by atoms with van der Waals surface area (Å²) >= 11 is 0. The third-order valence-electron chi connectivity index (χ3n) is 8.43. The first-order chi connectivity index (χ1) is 23.4. The molecule has 2 aromatic heterocycles. The van der Waals surface area contributed by atoms with Gasteiger partial charge < -0.3 is 35.4 Å². The van der Waals surface area contributed by atoms with Gasteiger partial charge >= 0.3 is 12.2 Å². The van der Waals surface area contributed by atoms with Crippen molar-refractivity contribution in [3.8, 4) is 17.3 Å². The summed E-state index contributed by atoms with van der Waals surface area (Å²) in [6.45, 7) is 4.82. The average Bonchev–Trinajstić information content (AvgIpc) is 3.83. The molecule has 0 spiro atoms. The zero-order chi connectivity index (χ0) is 35.9. The van der Waals surface area contributed by atoms with E-state index in [4.69, 9.17) is 20.9 Å². The molecule has 4 N–H and O–H groups in total. The number of nitrogens with zero attached hydrogens (tertiary/aromatic N) is 8. The Bertz CT molecular complexity index is 1720. The Hall–Kier alpha value is -5.44. The van der Waals surface area contributed by atoms with Crippen LogP contribution < -0.4 is 11.1 Å². The maximum absolute atomic E-state index is 13.7. The number of carbonyl (C=O) groups excluding carboxylic acids is 3. The number of nitrogens with one attached hydrogen (secondary N) is 1. The number of aryl methyl sites for hydroxylation is 1. The Kier molecular flexibility index (Phi) is 11.6. The van der Waals surface area contributed by atoms with E-state index in [1.807, 2.05) is 11.8 Å². The average molecular weight is 687 g/mol. The first-order valence-electron chi connectivity index (χ1n) is 15.5. The maximum atomic E-state index is 13.7. The molecule has 0 bridgehead atoms. The van der Waals surface area contributed by atoms with Crippen molar-refractivity contribution in [2.24, 2.45) is 18.7 Å². The molecule has 5 rings (SSSR count). The monoisotopic (exact) mass is 686 g/mol. The van der Waals surface area contributed by atoms with Crippen molar-refractivity contribution in [3.05, 3.63) is 53.2 Å². The van der Waals surface area contributed by atoms with Crippen LogP contribution in [0, 0.1) is 17.2 Å². The Balaban J connectivity index is 0.00000174. The van der Waals surface area contributed by atoms with Gasteiger partial charge in [0.1, 0.15) is 6.54 Å². The zero-order valence-corrected chi connectivity index (χ0v) is 27.0. The predicted molar refractivity (Wildman–Crippen MR) is 169 cm³/mol. The molecule has 18 heteroatoms. The molecule has 0 radical (unpaired) electrons. The number of nitriles is 1. The van der Waals surface area contributed by atoms with Gasteiger partial charge in [-0.1, -0.05) is 6.92 Å². The molecule has 3 aromatic rings. The number of halogens is 3. The number of imidazole rings is 1. The van der Waals surface area contributed by atoms with E-state index in [0.717, 1.165) is 23.5 Å². The number of carbonyl (C=O) groups is 4. The molecule has 2 aliphatic rings. The molecular weight excluding hydrogens is 649 g/mol. The van der Waals surface area contributed by atoms with Gasteiger partial charge in [0, 0.05) is 63.8 Å². The smallest absolute Gasteiger partial charge is 0.435 e. The minimum atomic E-state index is -4.79. The van der Waals surface area contributed by atoms with E-state index in [-0.39, 0.29) is 42.0 Å². The maximum Gasteiger partial charge on any atom is 0.435 e. The van der Waals surface area contributed by atoms with Gasteiger partial charge in [-0.25, -0.2) is 9.78 Å². The Morgan fingerprint density at radius 1 is 1.14 bits per heavy atom. The number of amides is 4. The van der Waals surface area contributed by atoms with E-state index in [1.54, 1.807) is 34.1 Å². The van der Waals surface area contributed by atoms with Crippen LogP contribution in [0.3, 0.4) is 0 Å². The van der Waals surface area contributed by atoms with E-state index in [0.29, 0.717) is 75.0 Å². The van der Waals surface area contributed by atoms with E-state index in [9.17, 15) is 27.6 Å². The highest BCUT2D eigenvalue weighted by atomic mass is 19.4. The van der Waals surface area contributed by atoms with Gasteiger partial charge in [-0.3, -0.25) is 19.1 Å². The molecule has 1 aromatic carbocycles. The summed E-state index contributed by atoms with van der Waals surface area (Å²) in [6.07, 6.45) is -1.14. The van der Waals surface area contributed by atoms with Gasteiger partial charge in [0.05, 0.1) is 23.5 Å². The van der Waals surface area contributed by atoms with Crippen LogP contribution in [-0.4, -0.2) is 109 Å². The lowest BCUT2D eigenvalue weighted by atomic mass is 10.0. The highest BCUT2D eigenvalue weighted by molar-refractivity contribution is 6.03. The summed E-state index contributed by atoms with van der Waals surface area (Å²) < 4.78 is 43.1. The highest BCUT2D eigenvalue weighted by Crippen LogP contribution is 2.36. The van der Waals surface area contributed by atoms with Crippen molar-refractivity contribution in [3.63, 3.8) is 0 Å². The Morgan fingerprint density at radius 2 is 1.82 bits per heavy atom. The lowest BCUT2D eigenvalue weighted by molar-refractivity contribution is -0.141. The van der Waals surface area contributed by atoms with Crippen molar-refractivity contribution in [2.75, 3.05) is 51.1 Å². The van der Waals surface area contributed by atoms with Crippen LogP contribution in [0.15, 0.2) is 30.6 Å². The molecule has 2 saturated heterocycles. The van der Waals surface area contributed by atoms with Gasteiger partial charge in [0.15, 0.2) is 11.5 Å². The van der Waals surface area contributed by atoms with Gasteiger partial charge in [-0.15, -0.1) is 0 Å². The third kappa shape index (κ3) is 8.17. The number of hydrogen-bond donors (Lipinski definition) is 3. The molecule has 1 atom stereocenters. The molecule has 262 valence electrons. The Labute approximate surface area is 279 Å². The van der Waals surface area contributed by atoms with Crippen LogP contribution in [0.25, 0.3) is 11.3 Å². The molecule has 2 fully saturated rings. The van der Waals surface area contributed by atoms with Crippen molar-refractivity contribution in [1.29, 1.82) is 5.26 Å². The van der Waals surface area contributed by atoms with Crippen molar-refractivity contribution < 1.29 is 37.5 Å². The minimum Gasteiger partial charge on any atom is -0.483 e. The second kappa shape index (κ2) is 15.6. The van der Waals surface area contributed by atoms with Gasteiger partial charge in [-0.05, 0) is 49.1 Å². The lowest BCUT2D eigenvalue weighted by Crippen LogP contribution is -2.53. The number of benzene rings is 1. The lowest BCUT2D eigenvalue weighted by Gasteiger charge is -2.37. The predicted octanol–water partition coefficient (Wildman–Crippen LogP) is 2.50. The van der Waals surface area contributed by atoms with E-state index < -0.39 is 17.8 Å². The summed E-state index contributed by atoms with van der Waals surface area (Å²) in [6, 6.07) is 6.64. The van der Waals surface area contributed by atoms with Gasteiger partial charge in [-0.2, -0.15) is 23.5 Å².